The molecule has 1 unspecified atom stereocenters. The van der Waals surface area contributed by atoms with Crippen LogP contribution in [0.25, 0.3) is 0 Å². The number of ether oxygens (including phenoxy) is 1. The second-order valence-corrected chi connectivity index (χ2v) is 6.42. The van der Waals surface area contributed by atoms with Gasteiger partial charge in [-0.25, -0.2) is 0 Å². The van der Waals surface area contributed by atoms with Crippen LogP contribution in [0.5, 0.6) is 0 Å². The van der Waals surface area contributed by atoms with Gasteiger partial charge in [0.1, 0.15) is 0 Å². The Morgan fingerprint density at radius 3 is 3.06 bits per heavy atom. The topological polar surface area (TPSA) is 38.3 Å². The number of hydrogen-bond donors (Lipinski definition) is 1. The summed E-state index contributed by atoms with van der Waals surface area (Å²) in [5, 5.41) is 3.01. The van der Waals surface area contributed by atoms with Gasteiger partial charge in [0.2, 0.25) is 0 Å². The molecule has 0 aromatic carbocycles. The Balaban J connectivity index is 1.70. The summed E-state index contributed by atoms with van der Waals surface area (Å²) < 4.78 is 5.07. The van der Waals surface area contributed by atoms with Crippen LogP contribution >= 0.6 is 11.3 Å². The molecule has 0 radical (unpaired) electrons. The van der Waals surface area contributed by atoms with Gasteiger partial charge in [0, 0.05) is 4.88 Å². The molecule has 2 heterocycles. The summed E-state index contributed by atoms with van der Waals surface area (Å²) in [5.74, 6) is 0.888. The zero-order valence-corrected chi connectivity index (χ0v) is 11.5. The van der Waals surface area contributed by atoms with E-state index in [2.05, 4.69) is 18.3 Å². The Labute approximate surface area is 112 Å². The van der Waals surface area contributed by atoms with Crippen LogP contribution in [0.4, 0.5) is 0 Å². The fourth-order valence-electron chi connectivity index (χ4n) is 2.64. The largest absolute Gasteiger partial charge is 0.377 e. The predicted octanol–water partition coefficient (Wildman–Crippen LogP) is 2.39. The summed E-state index contributed by atoms with van der Waals surface area (Å²) in [6.07, 6.45) is 4.83. The van der Waals surface area contributed by atoms with E-state index >= 15 is 0 Å². The average molecular weight is 265 g/mol. The highest BCUT2D eigenvalue weighted by Crippen LogP contribution is 2.33. The Morgan fingerprint density at radius 1 is 1.56 bits per heavy atom. The van der Waals surface area contributed by atoms with Crippen molar-refractivity contribution in [1.29, 1.82) is 0 Å². The van der Waals surface area contributed by atoms with Crippen molar-refractivity contribution in [3.05, 3.63) is 21.4 Å². The van der Waals surface area contributed by atoms with Gasteiger partial charge in [0.15, 0.2) is 0 Å². The van der Waals surface area contributed by atoms with Gasteiger partial charge >= 0.3 is 0 Å². The number of nitrogens with one attached hydrogen (secondary N) is 1. The maximum atomic E-state index is 12.1. The lowest BCUT2D eigenvalue weighted by atomic mass is 9.87. The molecular weight excluding hydrogens is 246 g/mol. The Kier molecular flexibility index (Phi) is 3.39. The number of hydrogen-bond acceptors (Lipinski definition) is 3. The molecular formula is C14H19NO2S. The molecule has 1 saturated heterocycles. The van der Waals surface area contributed by atoms with Crippen LogP contribution in [0.1, 0.15) is 39.9 Å². The van der Waals surface area contributed by atoms with Crippen LogP contribution in [0.3, 0.4) is 0 Å². The zero-order valence-electron chi connectivity index (χ0n) is 10.7. The van der Waals surface area contributed by atoms with Crippen molar-refractivity contribution in [3.63, 3.8) is 0 Å². The first-order valence-corrected chi connectivity index (χ1v) is 7.58. The summed E-state index contributed by atoms with van der Waals surface area (Å²) in [6.45, 7) is 3.58. The average Bonchev–Trinajstić information content (AvgIpc) is 2.76. The maximum absolute atomic E-state index is 12.1. The molecule has 18 heavy (non-hydrogen) atoms. The van der Waals surface area contributed by atoms with Gasteiger partial charge in [0.05, 0.1) is 24.1 Å². The van der Waals surface area contributed by atoms with Crippen molar-refractivity contribution in [2.24, 2.45) is 5.92 Å². The highest BCUT2D eigenvalue weighted by Gasteiger charge is 2.25. The van der Waals surface area contributed by atoms with E-state index in [4.69, 9.17) is 4.74 Å². The molecule has 0 saturated carbocycles. The van der Waals surface area contributed by atoms with E-state index in [-0.39, 0.29) is 11.9 Å². The van der Waals surface area contributed by atoms with Gasteiger partial charge in [0.25, 0.3) is 5.91 Å². The molecule has 1 aliphatic heterocycles. The Hall–Kier alpha value is -0.870. The normalized spacial score (nSPS) is 23.3. The second-order valence-electron chi connectivity index (χ2n) is 5.28. The van der Waals surface area contributed by atoms with Crippen molar-refractivity contribution in [2.45, 2.75) is 38.6 Å². The molecule has 3 nitrogen and oxygen atoms in total. The minimum absolute atomic E-state index is 0.0794. The number of aryl methyl sites for hydroxylation is 1. The molecule has 1 N–H and O–H groups in total. The first-order chi connectivity index (χ1) is 8.76. The number of amides is 1. The van der Waals surface area contributed by atoms with Crippen LogP contribution in [-0.2, 0) is 17.6 Å². The first kappa shape index (κ1) is 12.2. The smallest absolute Gasteiger partial charge is 0.261 e. The minimum atomic E-state index is 0.0794. The third-order valence-electron chi connectivity index (χ3n) is 3.96. The molecule has 1 aliphatic carbocycles. The Bertz CT molecular complexity index is 451. The number of fused-ring (bicyclic) bond motifs is 1. The van der Waals surface area contributed by atoms with E-state index in [1.807, 2.05) is 0 Å². The summed E-state index contributed by atoms with van der Waals surface area (Å²) in [5.41, 5.74) is 1.41. The molecule has 1 aromatic heterocycles. The Morgan fingerprint density at radius 2 is 2.39 bits per heavy atom. The van der Waals surface area contributed by atoms with E-state index in [9.17, 15) is 4.79 Å². The lowest BCUT2D eigenvalue weighted by Gasteiger charge is -2.26. The highest BCUT2D eigenvalue weighted by atomic mass is 32.1. The van der Waals surface area contributed by atoms with E-state index < -0.39 is 0 Å². The van der Waals surface area contributed by atoms with Crippen molar-refractivity contribution in [1.82, 2.24) is 5.32 Å². The summed E-state index contributed by atoms with van der Waals surface area (Å²) in [7, 11) is 0. The molecule has 1 fully saturated rings. The second kappa shape index (κ2) is 5.02. The zero-order chi connectivity index (χ0) is 12.5. The first-order valence-electron chi connectivity index (χ1n) is 6.76. The summed E-state index contributed by atoms with van der Waals surface area (Å²) in [4.78, 5) is 14.4. The minimum Gasteiger partial charge on any atom is -0.377 e. The monoisotopic (exact) mass is 265 g/mol. The SMILES string of the molecule is CCC1CCc2sc(C(=O)NC3COC3)cc2C1. The molecule has 1 amide bonds. The molecule has 4 heteroatoms. The van der Waals surface area contributed by atoms with Crippen LogP contribution in [0, 0.1) is 5.92 Å². The quantitative estimate of drug-likeness (QED) is 0.911. The van der Waals surface area contributed by atoms with Gasteiger partial charge in [-0.2, -0.15) is 0 Å². The van der Waals surface area contributed by atoms with Crippen LogP contribution < -0.4 is 5.32 Å². The molecule has 98 valence electrons. The maximum Gasteiger partial charge on any atom is 0.261 e. The third-order valence-corrected chi connectivity index (χ3v) is 5.20. The standard InChI is InChI=1S/C14H19NO2S/c1-2-9-3-4-12-10(5-9)6-13(18-12)14(16)15-11-7-17-8-11/h6,9,11H,2-5,7-8H2,1H3,(H,15,16). The summed E-state index contributed by atoms with van der Waals surface area (Å²) >= 11 is 1.68. The summed E-state index contributed by atoms with van der Waals surface area (Å²) in [6, 6.07) is 2.33. The number of carbonyl (C=O) groups is 1. The fourth-order valence-corrected chi connectivity index (χ4v) is 3.75. The van der Waals surface area contributed by atoms with Crippen molar-refractivity contribution < 1.29 is 9.53 Å². The van der Waals surface area contributed by atoms with Crippen molar-refractivity contribution in [3.8, 4) is 0 Å². The molecule has 3 rings (SSSR count). The number of carbonyl (C=O) groups excluding carboxylic acids is 1. The molecule has 0 bridgehead atoms. The predicted molar refractivity (Wildman–Crippen MR) is 72.2 cm³/mol. The fraction of sp³-hybridized carbons (Fsp3) is 0.643. The van der Waals surface area contributed by atoms with Crippen molar-refractivity contribution >= 4 is 17.2 Å². The van der Waals surface area contributed by atoms with E-state index in [0.717, 1.165) is 23.6 Å². The van der Waals surface area contributed by atoms with Crippen LogP contribution in [0.15, 0.2) is 6.07 Å². The van der Waals surface area contributed by atoms with Gasteiger partial charge in [-0.15, -0.1) is 11.3 Å². The van der Waals surface area contributed by atoms with Gasteiger partial charge in [-0.1, -0.05) is 13.3 Å². The van der Waals surface area contributed by atoms with Gasteiger partial charge < -0.3 is 10.1 Å². The van der Waals surface area contributed by atoms with Gasteiger partial charge in [-0.05, 0) is 36.8 Å². The molecule has 2 aliphatic rings. The molecule has 1 atom stereocenters. The van der Waals surface area contributed by atoms with Crippen LogP contribution in [-0.4, -0.2) is 25.2 Å². The number of thiophene rings is 1. The molecule has 0 spiro atoms. The van der Waals surface area contributed by atoms with Crippen LogP contribution in [0.2, 0.25) is 0 Å². The van der Waals surface area contributed by atoms with Crippen molar-refractivity contribution in [2.75, 3.05) is 13.2 Å². The van der Waals surface area contributed by atoms with E-state index in [0.29, 0.717) is 13.2 Å². The lowest BCUT2D eigenvalue weighted by molar-refractivity contribution is -0.00339. The highest BCUT2D eigenvalue weighted by molar-refractivity contribution is 7.14. The van der Waals surface area contributed by atoms with Gasteiger partial charge in [-0.3, -0.25) is 4.79 Å². The van der Waals surface area contributed by atoms with E-state index in [1.165, 1.54) is 23.3 Å². The molecule has 1 aromatic rings. The lowest BCUT2D eigenvalue weighted by Crippen LogP contribution is -2.48. The van der Waals surface area contributed by atoms with E-state index in [1.54, 1.807) is 11.3 Å². The third kappa shape index (κ3) is 2.31. The number of rotatable bonds is 3.